The molecule has 0 bridgehead atoms. The second-order valence-corrected chi connectivity index (χ2v) is 13.1. The average Bonchev–Trinajstić information content (AvgIpc) is 3.58. The smallest absolute Gasteiger partial charge is 0.277 e. The second-order valence-electron chi connectivity index (χ2n) is 11.1. The third-order valence-electron chi connectivity index (χ3n) is 7.17. The minimum absolute atomic E-state index is 0.0382. The molecular formula is C27H31F2N3O4S. The fourth-order valence-corrected chi connectivity index (χ4v) is 5.72. The predicted molar refractivity (Wildman–Crippen MR) is 137 cm³/mol. The van der Waals surface area contributed by atoms with Gasteiger partial charge >= 0.3 is 0 Å². The van der Waals surface area contributed by atoms with Crippen molar-refractivity contribution in [2.75, 3.05) is 18.2 Å². The van der Waals surface area contributed by atoms with E-state index in [4.69, 9.17) is 4.74 Å². The van der Waals surface area contributed by atoms with Gasteiger partial charge in [0.1, 0.15) is 11.5 Å². The Labute approximate surface area is 215 Å². The van der Waals surface area contributed by atoms with Crippen molar-refractivity contribution in [2.24, 2.45) is 16.3 Å². The molecule has 3 heterocycles. The summed E-state index contributed by atoms with van der Waals surface area (Å²) in [6.45, 7) is 4.86. The molecule has 7 nitrogen and oxygen atoms in total. The van der Waals surface area contributed by atoms with Crippen LogP contribution in [0.2, 0.25) is 0 Å². The van der Waals surface area contributed by atoms with Crippen molar-refractivity contribution in [2.45, 2.75) is 69.8 Å². The van der Waals surface area contributed by atoms with Crippen LogP contribution in [0.15, 0.2) is 34.2 Å². The first-order valence-corrected chi connectivity index (χ1v) is 14.4. The van der Waals surface area contributed by atoms with Crippen molar-refractivity contribution >= 4 is 38.4 Å². The molecular weight excluding hydrogens is 500 g/mol. The highest BCUT2D eigenvalue weighted by atomic mass is 32.2. The lowest BCUT2D eigenvalue weighted by molar-refractivity contribution is -0.119. The first-order chi connectivity index (χ1) is 17.4. The van der Waals surface area contributed by atoms with E-state index in [1.165, 1.54) is 0 Å². The van der Waals surface area contributed by atoms with Crippen LogP contribution in [0.3, 0.4) is 0 Å². The minimum Gasteiger partial charge on any atom is -0.373 e. The van der Waals surface area contributed by atoms with E-state index in [9.17, 15) is 22.0 Å². The van der Waals surface area contributed by atoms with Gasteiger partial charge in [0.25, 0.3) is 6.43 Å². The number of carbonyl (C=O) groups excluding carboxylic acids is 1. The van der Waals surface area contributed by atoms with Crippen molar-refractivity contribution in [1.29, 1.82) is 0 Å². The number of anilines is 2. The highest BCUT2D eigenvalue weighted by molar-refractivity contribution is 7.90. The minimum atomic E-state index is -3.65. The Hall–Kier alpha value is -2.72. The van der Waals surface area contributed by atoms with E-state index in [1.807, 2.05) is 6.07 Å². The lowest BCUT2D eigenvalue weighted by atomic mass is 9.84. The van der Waals surface area contributed by atoms with Crippen molar-refractivity contribution in [3.63, 3.8) is 0 Å². The maximum atomic E-state index is 13.5. The van der Waals surface area contributed by atoms with E-state index in [2.05, 4.69) is 29.1 Å². The van der Waals surface area contributed by atoms with Gasteiger partial charge in [0.05, 0.1) is 46.1 Å². The molecule has 5 rings (SSSR count). The Kier molecular flexibility index (Phi) is 6.68. The highest BCUT2D eigenvalue weighted by Gasteiger charge is 2.32. The number of aromatic nitrogens is 1. The van der Waals surface area contributed by atoms with Gasteiger partial charge in [-0.3, -0.25) is 9.78 Å². The molecule has 3 aliphatic rings. The number of aliphatic imine (C=N–C) groups is 1. The van der Waals surface area contributed by atoms with E-state index < -0.39 is 16.3 Å². The van der Waals surface area contributed by atoms with Crippen LogP contribution in [0.5, 0.6) is 0 Å². The highest BCUT2D eigenvalue weighted by Crippen LogP contribution is 2.41. The number of rotatable bonds is 8. The van der Waals surface area contributed by atoms with Gasteiger partial charge in [-0.15, -0.1) is 0 Å². The quantitative estimate of drug-likeness (QED) is 0.482. The summed E-state index contributed by atoms with van der Waals surface area (Å²) in [6, 6.07) is 6.73. The third-order valence-corrected chi connectivity index (χ3v) is 8.30. The Morgan fingerprint density at radius 3 is 2.57 bits per heavy atom. The zero-order valence-electron chi connectivity index (χ0n) is 21.2. The summed E-state index contributed by atoms with van der Waals surface area (Å²) in [5, 5.41) is 3.12. The normalized spacial score (nSPS) is 21.0. The van der Waals surface area contributed by atoms with Gasteiger partial charge in [-0.05, 0) is 54.9 Å². The van der Waals surface area contributed by atoms with E-state index >= 15 is 0 Å². The number of nitrogens with one attached hydrogen (secondary N) is 1. The summed E-state index contributed by atoms with van der Waals surface area (Å²) in [5.74, 6) is 0.111. The van der Waals surface area contributed by atoms with Gasteiger partial charge in [0.2, 0.25) is 0 Å². The van der Waals surface area contributed by atoms with E-state index in [-0.39, 0.29) is 52.4 Å². The van der Waals surface area contributed by atoms with Crippen LogP contribution in [-0.2, 0) is 32.2 Å². The van der Waals surface area contributed by atoms with Crippen LogP contribution in [0.4, 0.5) is 25.8 Å². The number of hydrogen-bond donors (Lipinski definition) is 1. The standard InChI is InChI=1S/C27H31F2N3O4S/c1-27(2)9-8-23(36-14-27)16-6-7-18(24(10-16)37(3,34)35)31-19-11-17(12-22(33)15-4-5-15)30-20-13-21(26(28)29)32-25(19)20/h6-7,10-11,15,23,26H,4-5,8-9,12-14H2,1-3H3,(H,30,31). The molecule has 1 aromatic heterocycles. The summed E-state index contributed by atoms with van der Waals surface area (Å²) in [6.07, 6.45) is 1.65. The van der Waals surface area contributed by atoms with Gasteiger partial charge in [-0.2, -0.15) is 0 Å². The maximum Gasteiger partial charge on any atom is 0.277 e. The number of alkyl halides is 2. The average molecular weight is 532 g/mol. The van der Waals surface area contributed by atoms with Gasteiger partial charge in [0.15, 0.2) is 9.84 Å². The lowest BCUT2D eigenvalue weighted by Crippen LogP contribution is -2.27. The van der Waals surface area contributed by atoms with E-state index in [1.54, 1.807) is 18.2 Å². The summed E-state index contributed by atoms with van der Waals surface area (Å²) in [4.78, 5) is 21.1. The number of sulfone groups is 1. The molecule has 198 valence electrons. The molecule has 1 N–H and O–H groups in total. The molecule has 1 aliphatic carbocycles. The largest absolute Gasteiger partial charge is 0.373 e. The van der Waals surface area contributed by atoms with Crippen LogP contribution < -0.4 is 5.32 Å². The summed E-state index contributed by atoms with van der Waals surface area (Å²) in [5.41, 5.74) is 2.27. The molecule has 0 amide bonds. The maximum absolute atomic E-state index is 13.5. The van der Waals surface area contributed by atoms with Gasteiger partial charge < -0.3 is 10.1 Å². The number of Topliss-reactive ketones (excluding diaryl/α,β-unsaturated/α-hetero) is 1. The second kappa shape index (κ2) is 9.54. The molecule has 1 saturated heterocycles. The number of nitrogens with zero attached hydrogens (tertiary/aromatic N) is 2. The van der Waals surface area contributed by atoms with Crippen LogP contribution in [0.1, 0.15) is 62.6 Å². The Morgan fingerprint density at radius 1 is 1.19 bits per heavy atom. The number of carbonyl (C=O) groups is 1. The van der Waals surface area contributed by atoms with Crippen LogP contribution in [0, 0.1) is 11.3 Å². The molecule has 37 heavy (non-hydrogen) atoms. The molecule has 2 fully saturated rings. The fraction of sp³-hybridized carbons (Fsp3) is 0.519. The Morgan fingerprint density at radius 2 is 1.95 bits per heavy atom. The third kappa shape index (κ3) is 5.75. The lowest BCUT2D eigenvalue weighted by Gasteiger charge is -2.35. The molecule has 2 aliphatic heterocycles. The number of fused-ring (bicyclic) bond motifs is 1. The zero-order chi connectivity index (χ0) is 26.5. The summed E-state index contributed by atoms with van der Waals surface area (Å²) < 4.78 is 58.5. The van der Waals surface area contributed by atoms with Crippen LogP contribution in [0.25, 0.3) is 0 Å². The topological polar surface area (TPSA) is 97.7 Å². The SMILES string of the molecule is CC1(C)CCC(c2ccc(Nc3cc(CC(=O)C4CC4)nc4c3N=C(C(F)F)C4)c(S(C)(=O)=O)c2)OC1. The first kappa shape index (κ1) is 25.9. The first-order valence-electron chi connectivity index (χ1n) is 12.5. The Bertz CT molecular complexity index is 1370. The van der Waals surface area contributed by atoms with Crippen molar-refractivity contribution in [3.05, 3.63) is 41.2 Å². The van der Waals surface area contributed by atoms with E-state index in [0.717, 1.165) is 37.5 Å². The van der Waals surface area contributed by atoms with Crippen LogP contribution in [-0.4, -0.2) is 44.2 Å². The molecule has 1 unspecified atom stereocenters. The number of ketones is 1. The summed E-state index contributed by atoms with van der Waals surface area (Å²) in [7, 11) is -3.65. The van der Waals surface area contributed by atoms with Crippen molar-refractivity contribution < 1.29 is 26.7 Å². The van der Waals surface area contributed by atoms with Crippen LogP contribution >= 0.6 is 0 Å². The molecule has 1 atom stereocenters. The number of hydrogen-bond acceptors (Lipinski definition) is 7. The Balaban J connectivity index is 1.50. The van der Waals surface area contributed by atoms with Gasteiger partial charge in [-0.25, -0.2) is 22.2 Å². The molecule has 0 radical (unpaired) electrons. The van der Waals surface area contributed by atoms with Crippen molar-refractivity contribution in [1.82, 2.24) is 4.98 Å². The number of ether oxygens (including phenoxy) is 1. The molecule has 10 heteroatoms. The molecule has 2 aromatic rings. The molecule has 0 spiro atoms. The number of pyridine rings is 1. The number of benzene rings is 1. The number of halogens is 2. The van der Waals surface area contributed by atoms with E-state index in [0.29, 0.717) is 29.4 Å². The van der Waals surface area contributed by atoms with Gasteiger partial charge in [-0.1, -0.05) is 19.9 Å². The monoisotopic (exact) mass is 531 g/mol. The predicted octanol–water partition coefficient (Wildman–Crippen LogP) is 5.52. The molecule has 1 saturated carbocycles. The zero-order valence-corrected chi connectivity index (χ0v) is 22.0. The molecule has 1 aromatic carbocycles. The van der Waals surface area contributed by atoms with Crippen molar-refractivity contribution in [3.8, 4) is 0 Å². The van der Waals surface area contributed by atoms with Gasteiger partial charge in [0, 0.05) is 25.0 Å². The fourth-order valence-electron chi connectivity index (χ4n) is 4.85. The summed E-state index contributed by atoms with van der Waals surface area (Å²) >= 11 is 0.